The van der Waals surface area contributed by atoms with E-state index in [9.17, 15) is 8.42 Å². The van der Waals surface area contributed by atoms with Gasteiger partial charge in [-0.15, -0.1) is 0 Å². The number of H-pyrrole nitrogens is 1. The molecule has 0 atom stereocenters. The molecule has 0 radical (unpaired) electrons. The summed E-state index contributed by atoms with van der Waals surface area (Å²) in [5.41, 5.74) is 0.775. The molecule has 0 saturated carbocycles. The second-order valence-electron chi connectivity index (χ2n) is 4.66. The summed E-state index contributed by atoms with van der Waals surface area (Å²) in [6, 6.07) is 0. The topological polar surface area (TPSA) is 101 Å². The summed E-state index contributed by atoms with van der Waals surface area (Å²) in [6.07, 6.45) is 1.41. The van der Waals surface area contributed by atoms with Gasteiger partial charge in [0.15, 0.2) is 10.8 Å². The number of imidazole rings is 1. The number of nitrogens with one attached hydrogen (secondary N) is 2. The SMILES string of the molecule is CC(C)(C)S(=O)(=O)Nc1nc(Cl)c2[nH]cnc2n1. The largest absolute Gasteiger partial charge is 0.341 e. The normalized spacial score (nSPS) is 12.9. The molecule has 2 heterocycles. The second-order valence-corrected chi connectivity index (χ2v) is 7.45. The predicted octanol–water partition coefficient (Wildman–Crippen LogP) is 1.55. The van der Waals surface area contributed by atoms with E-state index in [1.807, 2.05) is 0 Å². The lowest BCUT2D eigenvalue weighted by Gasteiger charge is -2.19. The number of nitrogens with zero attached hydrogens (tertiary/aromatic N) is 3. The van der Waals surface area contributed by atoms with Crippen LogP contribution in [-0.4, -0.2) is 33.1 Å². The molecule has 0 saturated heterocycles. The van der Waals surface area contributed by atoms with Crippen molar-refractivity contribution in [1.29, 1.82) is 0 Å². The Morgan fingerprint density at radius 1 is 1.33 bits per heavy atom. The lowest BCUT2D eigenvalue weighted by molar-refractivity contribution is 0.565. The Balaban J connectivity index is 2.45. The average Bonchev–Trinajstić information content (AvgIpc) is 2.63. The molecule has 0 aliphatic carbocycles. The van der Waals surface area contributed by atoms with Gasteiger partial charge in [-0.2, -0.15) is 9.97 Å². The molecule has 0 spiro atoms. The van der Waals surface area contributed by atoms with Crippen LogP contribution in [0.3, 0.4) is 0 Å². The molecule has 0 unspecified atom stereocenters. The van der Waals surface area contributed by atoms with E-state index < -0.39 is 14.8 Å². The molecule has 2 aromatic heterocycles. The summed E-state index contributed by atoms with van der Waals surface area (Å²) in [6.45, 7) is 4.72. The van der Waals surface area contributed by atoms with E-state index in [2.05, 4.69) is 24.7 Å². The van der Waals surface area contributed by atoms with Gasteiger partial charge in [-0.3, -0.25) is 4.72 Å². The highest BCUT2D eigenvalue weighted by atomic mass is 35.5. The predicted molar refractivity (Wildman–Crippen MR) is 69.0 cm³/mol. The van der Waals surface area contributed by atoms with Gasteiger partial charge in [-0.05, 0) is 20.8 Å². The third-order valence-electron chi connectivity index (χ3n) is 2.27. The van der Waals surface area contributed by atoms with Gasteiger partial charge in [0.25, 0.3) is 0 Å². The van der Waals surface area contributed by atoms with Crippen LogP contribution >= 0.6 is 11.6 Å². The van der Waals surface area contributed by atoms with Crippen LogP contribution in [0.5, 0.6) is 0 Å². The molecular weight excluding hydrogens is 278 g/mol. The van der Waals surface area contributed by atoms with E-state index in [1.54, 1.807) is 20.8 Å². The van der Waals surface area contributed by atoms with E-state index >= 15 is 0 Å². The van der Waals surface area contributed by atoms with E-state index in [1.165, 1.54) is 6.33 Å². The number of hydrogen-bond acceptors (Lipinski definition) is 5. The molecule has 0 bridgehead atoms. The summed E-state index contributed by atoms with van der Waals surface area (Å²) in [5, 5.41) is 0.115. The van der Waals surface area contributed by atoms with Gasteiger partial charge in [-0.1, -0.05) is 11.6 Å². The molecule has 0 aliphatic heterocycles. The first-order valence-corrected chi connectivity index (χ1v) is 6.96. The van der Waals surface area contributed by atoms with E-state index in [0.717, 1.165) is 0 Å². The van der Waals surface area contributed by atoms with Crippen molar-refractivity contribution in [2.75, 3.05) is 4.72 Å². The molecule has 2 N–H and O–H groups in total. The second kappa shape index (κ2) is 4.06. The van der Waals surface area contributed by atoms with Crippen molar-refractivity contribution in [1.82, 2.24) is 19.9 Å². The molecule has 98 valence electrons. The summed E-state index contributed by atoms with van der Waals surface area (Å²) in [4.78, 5) is 14.5. The van der Waals surface area contributed by atoms with Gasteiger partial charge in [0.1, 0.15) is 5.52 Å². The van der Waals surface area contributed by atoms with Crippen molar-refractivity contribution in [3.8, 4) is 0 Å². The summed E-state index contributed by atoms with van der Waals surface area (Å²) in [5.74, 6) is -0.0884. The molecule has 0 aliphatic rings. The summed E-state index contributed by atoms with van der Waals surface area (Å²) >= 11 is 5.89. The van der Waals surface area contributed by atoms with Gasteiger partial charge in [0, 0.05) is 0 Å². The zero-order valence-electron chi connectivity index (χ0n) is 10.0. The summed E-state index contributed by atoms with van der Waals surface area (Å²) < 4.78 is 25.2. The fraction of sp³-hybridized carbons (Fsp3) is 0.444. The molecule has 7 nitrogen and oxygen atoms in total. The number of sulfonamides is 1. The minimum absolute atomic E-state index is 0.0884. The quantitative estimate of drug-likeness (QED) is 0.817. The standard InChI is InChI=1S/C9H12ClN5O2S/c1-9(2,3)18(16,17)15-8-13-6(10)5-7(14-8)12-4-11-5/h4H,1-3H3,(H2,11,12,13,14,15). The van der Waals surface area contributed by atoms with Gasteiger partial charge >= 0.3 is 0 Å². The number of anilines is 1. The Hall–Kier alpha value is -1.41. The van der Waals surface area contributed by atoms with Crippen LogP contribution in [-0.2, 0) is 10.0 Å². The van der Waals surface area contributed by atoms with Gasteiger partial charge in [-0.25, -0.2) is 13.4 Å². The first-order chi connectivity index (χ1) is 8.21. The molecule has 0 aromatic carbocycles. The van der Waals surface area contributed by atoms with Crippen LogP contribution in [0.2, 0.25) is 5.15 Å². The molecule has 0 amide bonds. The van der Waals surface area contributed by atoms with Crippen LogP contribution in [0.25, 0.3) is 11.2 Å². The minimum Gasteiger partial charge on any atom is -0.341 e. The Bertz CT molecular complexity index is 689. The number of hydrogen-bond donors (Lipinski definition) is 2. The van der Waals surface area contributed by atoms with Gasteiger partial charge in [0.05, 0.1) is 11.1 Å². The number of rotatable bonds is 2. The number of aromatic nitrogens is 4. The highest BCUT2D eigenvalue weighted by molar-refractivity contribution is 7.94. The maximum absolute atomic E-state index is 11.9. The third kappa shape index (κ3) is 2.25. The van der Waals surface area contributed by atoms with E-state index in [-0.39, 0.29) is 11.1 Å². The third-order valence-corrected chi connectivity index (χ3v) is 4.61. The van der Waals surface area contributed by atoms with Crippen molar-refractivity contribution < 1.29 is 8.42 Å². The molecular formula is C9H12ClN5O2S. The number of halogens is 1. The lowest BCUT2D eigenvalue weighted by atomic mass is 10.3. The van der Waals surface area contributed by atoms with Crippen LogP contribution < -0.4 is 4.72 Å². The number of aromatic amines is 1. The first kappa shape index (κ1) is 13.0. The fourth-order valence-corrected chi connectivity index (χ4v) is 1.97. The Morgan fingerprint density at radius 2 is 2.00 bits per heavy atom. The van der Waals surface area contributed by atoms with Gasteiger partial charge in [0.2, 0.25) is 16.0 Å². The van der Waals surface area contributed by atoms with Crippen molar-refractivity contribution >= 4 is 38.7 Å². The Labute approximate surface area is 109 Å². The van der Waals surface area contributed by atoms with Crippen LogP contribution in [0, 0.1) is 0 Å². The monoisotopic (exact) mass is 289 g/mol. The Morgan fingerprint density at radius 3 is 2.61 bits per heavy atom. The van der Waals surface area contributed by atoms with Crippen molar-refractivity contribution in [2.24, 2.45) is 0 Å². The highest BCUT2D eigenvalue weighted by Gasteiger charge is 2.30. The minimum atomic E-state index is -3.59. The molecule has 2 rings (SSSR count). The van der Waals surface area contributed by atoms with E-state index in [4.69, 9.17) is 11.6 Å². The average molecular weight is 290 g/mol. The molecule has 9 heteroatoms. The zero-order chi connectivity index (χ0) is 13.6. The van der Waals surface area contributed by atoms with Crippen molar-refractivity contribution in [2.45, 2.75) is 25.5 Å². The molecule has 18 heavy (non-hydrogen) atoms. The van der Waals surface area contributed by atoms with Crippen LogP contribution in [0.4, 0.5) is 5.95 Å². The number of fused-ring (bicyclic) bond motifs is 1. The summed E-state index contributed by atoms with van der Waals surface area (Å²) in [7, 11) is -3.59. The maximum Gasteiger partial charge on any atom is 0.240 e. The van der Waals surface area contributed by atoms with Crippen molar-refractivity contribution in [3.05, 3.63) is 11.5 Å². The van der Waals surface area contributed by atoms with Crippen LogP contribution in [0.15, 0.2) is 6.33 Å². The van der Waals surface area contributed by atoms with Crippen molar-refractivity contribution in [3.63, 3.8) is 0 Å². The Kier molecular flexibility index (Phi) is 2.94. The molecule has 0 fully saturated rings. The highest BCUT2D eigenvalue weighted by Crippen LogP contribution is 2.21. The van der Waals surface area contributed by atoms with Crippen LogP contribution in [0.1, 0.15) is 20.8 Å². The smallest absolute Gasteiger partial charge is 0.240 e. The zero-order valence-corrected chi connectivity index (χ0v) is 11.6. The lowest BCUT2D eigenvalue weighted by Crippen LogP contribution is -2.34. The maximum atomic E-state index is 11.9. The van der Waals surface area contributed by atoms with Gasteiger partial charge < -0.3 is 4.98 Å². The fourth-order valence-electron chi connectivity index (χ4n) is 1.12. The first-order valence-electron chi connectivity index (χ1n) is 5.10. The van der Waals surface area contributed by atoms with E-state index in [0.29, 0.717) is 11.2 Å². The molecule has 2 aromatic rings.